The molecule has 3 nitrogen and oxygen atoms in total. The molecule has 3 heterocycles. The number of benzene rings is 4. The first-order valence-corrected chi connectivity index (χ1v) is 15.4. The van der Waals surface area contributed by atoms with Gasteiger partial charge in [0.2, 0.25) is 0 Å². The maximum absolute atomic E-state index is 7.46. The zero-order valence-electron chi connectivity index (χ0n) is 22.9. The fraction of sp³-hybridized carbons (Fsp3) is 0.167. The van der Waals surface area contributed by atoms with Crippen molar-refractivity contribution in [3.63, 3.8) is 0 Å². The van der Waals surface area contributed by atoms with Crippen molar-refractivity contribution in [1.29, 1.82) is 0 Å². The van der Waals surface area contributed by atoms with Crippen LogP contribution in [0.15, 0.2) is 96.1 Å². The molecule has 192 valence electrons. The Labute approximate surface area is 241 Å². The van der Waals surface area contributed by atoms with Crippen molar-refractivity contribution in [1.82, 2.24) is 0 Å². The molecule has 1 aromatic heterocycles. The van der Waals surface area contributed by atoms with Gasteiger partial charge in [-0.15, -0.1) is 0 Å². The number of fused-ring (bicyclic) bond motifs is 7. The van der Waals surface area contributed by atoms with Gasteiger partial charge in [0.1, 0.15) is 0 Å². The van der Waals surface area contributed by atoms with Gasteiger partial charge in [-0.2, -0.15) is 0 Å². The van der Waals surface area contributed by atoms with Crippen molar-refractivity contribution in [2.24, 2.45) is 5.10 Å². The van der Waals surface area contributed by atoms with Crippen molar-refractivity contribution in [3.8, 4) is 21.1 Å². The summed E-state index contributed by atoms with van der Waals surface area (Å²) in [7, 11) is 0. The van der Waals surface area contributed by atoms with Gasteiger partial charge in [0.15, 0.2) is 0 Å². The molecule has 0 radical (unpaired) electrons. The third-order valence-electron chi connectivity index (χ3n) is 9.20. The Hall–Kier alpha value is -4.16. The van der Waals surface area contributed by atoms with E-state index in [9.17, 15) is 0 Å². The van der Waals surface area contributed by atoms with E-state index in [2.05, 4.69) is 128 Å². The molecule has 5 aromatic rings. The Kier molecular flexibility index (Phi) is 4.71. The first-order valence-electron chi connectivity index (χ1n) is 13.7. The molecule has 0 saturated heterocycles. The van der Waals surface area contributed by atoms with Crippen LogP contribution in [0.1, 0.15) is 61.1 Å². The molecule has 0 saturated carbocycles. The second-order valence-electron chi connectivity index (χ2n) is 12.0. The first kappa shape index (κ1) is 23.7. The molecule has 4 heteroatoms. The molecule has 0 N–H and O–H groups in total. The Bertz CT molecular complexity index is 1980. The molecular weight excluding hydrogens is 553 g/mol. The number of nitrogens with zero attached hydrogens (tertiary/aromatic N) is 3. The van der Waals surface area contributed by atoms with Crippen molar-refractivity contribution in [2.75, 3.05) is 4.90 Å². The van der Waals surface area contributed by atoms with Gasteiger partial charge < -0.3 is 0 Å². The van der Waals surface area contributed by atoms with Crippen LogP contribution in [0, 0.1) is 6.57 Å². The number of hydrogen-bond donors (Lipinski definition) is 0. The maximum atomic E-state index is 7.46. The summed E-state index contributed by atoms with van der Waals surface area (Å²) in [4.78, 5) is 6.01. The molecule has 8 rings (SSSR count). The van der Waals surface area contributed by atoms with Gasteiger partial charge in [-0.05, 0) is 0 Å². The van der Waals surface area contributed by atoms with Crippen LogP contribution in [0.5, 0.6) is 0 Å². The second kappa shape index (κ2) is 7.95. The molecule has 0 fully saturated rings. The molecule has 1 aliphatic carbocycles. The average molecular weight is 581 g/mol. The van der Waals surface area contributed by atoms with Gasteiger partial charge >= 0.3 is 242 Å². The minimum absolute atomic E-state index is 0.0674. The van der Waals surface area contributed by atoms with Crippen LogP contribution in [0.25, 0.3) is 26.1 Å². The van der Waals surface area contributed by atoms with E-state index in [1.54, 1.807) is 0 Å². The van der Waals surface area contributed by atoms with Crippen LogP contribution < -0.4 is 4.90 Å². The van der Waals surface area contributed by atoms with E-state index in [0.717, 1.165) is 28.0 Å². The Morgan fingerprint density at radius 3 is 2.10 bits per heavy atom. The summed E-state index contributed by atoms with van der Waals surface area (Å²) in [5.41, 5.74) is 14.6. The second-order valence-corrected chi connectivity index (χ2v) is 14.2. The monoisotopic (exact) mass is 581 g/mol. The van der Waals surface area contributed by atoms with Gasteiger partial charge in [0.25, 0.3) is 0 Å². The fourth-order valence-electron chi connectivity index (χ4n) is 7.10. The Morgan fingerprint density at radius 2 is 1.32 bits per heavy atom. The molecule has 0 atom stereocenters. The van der Waals surface area contributed by atoms with E-state index in [4.69, 9.17) is 6.57 Å². The molecular formula is C36H27N3Se. The van der Waals surface area contributed by atoms with E-state index in [1.807, 2.05) is 6.07 Å². The molecule has 4 aromatic carbocycles. The summed E-state index contributed by atoms with van der Waals surface area (Å²) in [6.45, 7) is 17.0. The summed E-state index contributed by atoms with van der Waals surface area (Å²) in [6, 6.07) is 33.4. The average Bonchev–Trinajstić information content (AvgIpc) is 3.54. The summed E-state index contributed by atoms with van der Waals surface area (Å²) < 4.78 is 2.82. The van der Waals surface area contributed by atoms with E-state index >= 15 is 0 Å². The predicted molar refractivity (Wildman–Crippen MR) is 165 cm³/mol. The zero-order valence-corrected chi connectivity index (χ0v) is 24.6. The van der Waals surface area contributed by atoms with E-state index in [-0.39, 0.29) is 25.3 Å². The Morgan fingerprint density at radius 1 is 0.675 bits per heavy atom. The Balaban J connectivity index is 1.35. The van der Waals surface area contributed by atoms with E-state index in [0.29, 0.717) is 0 Å². The van der Waals surface area contributed by atoms with Crippen molar-refractivity contribution >= 4 is 36.2 Å². The molecule has 40 heavy (non-hydrogen) atoms. The van der Waals surface area contributed by atoms with Gasteiger partial charge in [-0.25, -0.2) is 0 Å². The normalized spacial score (nSPS) is 17.4. The number of rotatable bonds is 1. The molecule has 0 amide bonds. The fourth-order valence-corrected chi connectivity index (χ4v) is 9.91. The number of anilines is 3. The summed E-state index contributed by atoms with van der Waals surface area (Å²) >= 11 is 0.114. The summed E-state index contributed by atoms with van der Waals surface area (Å²) in [6.07, 6.45) is 0. The number of hydrogen-bond acceptors (Lipinski definition) is 2. The van der Waals surface area contributed by atoms with Gasteiger partial charge in [0.05, 0.1) is 0 Å². The SMILES string of the molecule is [C-]#[N+]/N=C1/c2ccccc2-c2ccc(-c3cc4c([se]3)N3c5ccccc5C(C)(C)c5cccc(c53)C4(C)C)cc21. The molecule has 2 aliphatic heterocycles. The van der Waals surface area contributed by atoms with Crippen molar-refractivity contribution < 1.29 is 0 Å². The molecule has 0 spiro atoms. The van der Waals surface area contributed by atoms with Crippen LogP contribution in [0.2, 0.25) is 0 Å². The summed E-state index contributed by atoms with van der Waals surface area (Å²) in [5, 5.41) is 4.25. The molecule has 0 bridgehead atoms. The van der Waals surface area contributed by atoms with Crippen LogP contribution in [-0.2, 0) is 10.8 Å². The molecule has 3 aliphatic rings. The van der Waals surface area contributed by atoms with Gasteiger partial charge in [0, 0.05) is 0 Å². The van der Waals surface area contributed by atoms with Crippen LogP contribution in [0.3, 0.4) is 0 Å². The first-order chi connectivity index (χ1) is 19.3. The quantitative estimate of drug-likeness (QED) is 0.108. The third kappa shape index (κ3) is 2.92. The zero-order chi connectivity index (χ0) is 27.4. The van der Waals surface area contributed by atoms with Crippen LogP contribution >= 0.6 is 0 Å². The standard InChI is InChI=1S/C36H27N3Se/c1-35(2)26-13-8-9-16-30(26)39-33-27(35)14-10-15-28(33)36(3,4)29-20-31(40-34(29)39)21-17-18-23-22-11-6-7-12-24(22)32(38-37-5)25(23)19-21/h6-20H,1-4H3/b38-32-. The topological polar surface area (TPSA) is 20.0 Å². The third-order valence-corrected chi connectivity index (χ3v) is 11.6. The van der Waals surface area contributed by atoms with Gasteiger partial charge in [-0.1, -0.05) is 0 Å². The van der Waals surface area contributed by atoms with Crippen molar-refractivity contribution in [2.45, 2.75) is 38.5 Å². The van der Waals surface area contributed by atoms with Crippen LogP contribution in [-0.4, -0.2) is 20.2 Å². The number of para-hydroxylation sites is 2. The van der Waals surface area contributed by atoms with Crippen LogP contribution in [0.4, 0.5) is 15.9 Å². The van der Waals surface area contributed by atoms with Gasteiger partial charge in [-0.3, -0.25) is 0 Å². The minimum atomic E-state index is -0.104. The predicted octanol–water partition coefficient (Wildman–Crippen LogP) is 8.81. The molecule has 0 unspecified atom stereocenters. The summed E-state index contributed by atoms with van der Waals surface area (Å²) in [5.74, 6) is 0. The van der Waals surface area contributed by atoms with Crippen molar-refractivity contribution in [3.05, 3.63) is 136 Å². The van der Waals surface area contributed by atoms with E-state index < -0.39 is 0 Å². The van der Waals surface area contributed by atoms with E-state index in [1.165, 1.54) is 48.2 Å².